The van der Waals surface area contributed by atoms with E-state index in [0.29, 0.717) is 30.6 Å². The van der Waals surface area contributed by atoms with E-state index in [9.17, 15) is 14.4 Å². The summed E-state index contributed by atoms with van der Waals surface area (Å²) in [6, 6.07) is 7.92. The van der Waals surface area contributed by atoms with Crippen molar-refractivity contribution in [2.24, 2.45) is 17.8 Å². The number of hydrogen-bond acceptors (Lipinski definition) is 7. The van der Waals surface area contributed by atoms with Crippen LogP contribution >= 0.6 is 0 Å². The van der Waals surface area contributed by atoms with E-state index in [2.05, 4.69) is 32.6 Å². The van der Waals surface area contributed by atoms with Crippen LogP contribution in [0.5, 0.6) is 0 Å². The Morgan fingerprint density at radius 3 is 2.29 bits per heavy atom. The molecule has 0 saturated carbocycles. The number of fused-ring (bicyclic) bond motifs is 1. The van der Waals surface area contributed by atoms with Gasteiger partial charge < -0.3 is 24.8 Å². The first-order valence-corrected chi connectivity index (χ1v) is 12.8. The fourth-order valence-electron chi connectivity index (χ4n) is 5.78. The Kier molecular flexibility index (Phi) is 6.38. The standard InChI is InChI=1S/C26H37N5O4/c1-26(2,3)35-25(34)31-11-17(12-31)10-29-13-18-15-30(16-19(18)14-29)21-6-4-20(5-7-21)27-22-8-9-23(32)28-24(22)33/h4-7,17-19,22,27H,8-16H2,1-3H3,(H,28,32,33). The number of amides is 3. The Morgan fingerprint density at radius 2 is 1.69 bits per heavy atom. The molecular weight excluding hydrogens is 446 g/mol. The van der Waals surface area contributed by atoms with Crippen LogP contribution in [0.2, 0.25) is 0 Å². The van der Waals surface area contributed by atoms with Crippen LogP contribution in [0.25, 0.3) is 0 Å². The lowest BCUT2D eigenvalue weighted by molar-refractivity contribution is -0.133. The van der Waals surface area contributed by atoms with Crippen molar-refractivity contribution in [3.8, 4) is 0 Å². The molecule has 0 bridgehead atoms. The summed E-state index contributed by atoms with van der Waals surface area (Å²) in [5.74, 6) is 1.46. The van der Waals surface area contributed by atoms with Crippen molar-refractivity contribution in [3.63, 3.8) is 0 Å². The van der Waals surface area contributed by atoms with E-state index >= 15 is 0 Å². The molecule has 4 saturated heterocycles. The average molecular weight is 484 g/mol. The summed E-state index contributed by atoms with van der Waals surface area (Å²) >= 11 is 0. The van der Waals surface area contributed by atoms with Gasteiger partial charge in [-0.25, -0.2) is 4.79 Å². The van der Waals surface area contributed by atoms with Crippen molar-refractivity contribution >= 4 is 29.3 Å². The molecule has 3 amide bonds. The number of imide groups is 1. The molecule has 0 radical (unpaired) electrons. The number of anilines is 2. The molecule has 9 nitrogen and oxygen atoms in total. The van der Waals surface area contributed by atoms with Gasteiger partial charge in [0.15, 0.2) is 0 Å². The van der Waals surface area contributed by atoms with Crippen LogP contribution in [-0.2, 0) is 14.3 Å². The van der Waals surface area contributed by atoms with Gasteiger partial charge in [-0.15, -0.1) is 0 Å². The Bertz CT molecular complexity index is 955. The molecule has 4 fully saturated rings. The molecule has 4 heterocycles. The highest BCUT2D eigenvalue weighted by Crippen LogP contribution is 2.35. The van der Waals surface area contributed by atoms with Crippen molar-refractivity contribution in [1.82, 2.24) is 15.1 Å². The topological polar surface area (TPSA) is 94.2 Å². The van der Waals surface area contributed by atoms with E-state index in [1.165, 1.54) is 5.69 Å². The van der Waals surface area contributed by atoms with Crippen molar-refractivity contribution < 1.29 is 19.1 Å². The number of benzene rings is 1. The number of rotatable bonds is 5. The van der Waals surface area contributed by atoms with Crippen LogP contribution < -0.4 is 15.5 Å². The van der Waals surface area contributed by atoms with Crippen LogP contribution in [0.3, 0.4) is 0 Å². The Hall–Kier alpha value is -2.81. The first-order chi connectivity index (χ1) is 16.6. The van der Waals surface area contributed by atoms with E-state index in [4.69, 9.17) is 4.74 Å². The molecule has 35 heavy (non-hydrogen) atoms. The predicted molar refractivity (Wildman–Crippen MR) is 133 cm³/mol. The number of likely N-dealkylation sites (tertiary alicyclic amines) is 2. The summed E-state index contributed by atoms with van der Waals surface area (Å²) in [4.78, 5) is 42.3. The predicted octanol–water partition coefficient (Wildman–Crippen LogP) is 2.14. The first-order valence-electron chi connectivity index (χ1n) is 12.8. The lowest BCUT2D eigenvalue weighted by atomic mass is 10.0. The monoisotopic (exact) mass is 483 g/mol. The number of hydrogen-bond donors (Lipinski definition) is 2. The maximum atomic E-state index is 12.2. The van der Waals surface area contributed by atoms with E-state index in [1.54, 1.807) is 0 Å². The molecule has 1 aromatic carbocycles. The maximum absolute atomic E-state index is 12.2. The number of piperidine rings is 1. The average Bonchev–Trinajstić information content (AvgIpc) is 3.30. The normalized spacial score (nSPS) is 27.5. The molecule has 9 heteroatoms. The minimum absolute atomic E-state index is 0.194. The third-order valence-corrected chi connectivity index (χ3v) is 7.50. The van der Waals surface area contributed by atoms with E-state index < -0.39 is 5.60 Å². The first kappa shape index (κ1) is 23.9. The Balaban J connectivity index is 1.05. The van der Waals surface area contributed by atoms with Crippen molar-refractivity contribution in [3.05, 3.63) is 24.3 Å². The zero-order valence-corrected chi connectivity index (χ0v) is 21.0. The lowest BCUT2D eigenvalue weighted by Crippen LogP contribution is -2.54. The zero-order valence-electron chi connectivity index (χ0n) is 21.0. The van der Waals surface area contributed by atoms with Crippen LogP contribution in [-0.4, -0.2) is 85.2 Å². The van der Waals surface area contributed by atoms with E-state index in [0.717, 1.165) is 51.5 Å². The molecule has 5 rings (SSSR count). The second kappa shape index (κ2) is 9.33. The van der Waals surface area contributed by atoms with Crippen LogP contribution in [0, 0.1) is 17.8 Å². The smallest absolute Gasteiger partial charge is 0.410 e. The third-order valence-electron chi connectivity index (χ3n) is 7.50. The van der Waals surface area contributed by atoms with Crippen LogP contribution in [0.15, 0.2) is 24.3 Å². The van der Waals surface area contributed by atoms with Gasteiger partial charge in [-0.2, -0.15) is 0 Å². The number of ether oxygens (including phenoxy) is 1. The van der Waals surface area contributed by atoms with Gasteiger partial charge in [-0.3, -0.25) is 14.9 Å². The fourth-order valence-corrected chi connectivity index (χ4v) is 5.78. The summed E-state index contributed by atoms with van der Waals surface area (Å²) in [7, 11) is 0. The summed E-state index contributed by atoms with van der Waals surface area (Å²) in [5, 5.41) is 5.63. The molecule has 0 aromatic heterocycles. The minimum atomic E-state index is -0.440. The highest BCUT2D eigenvalue weighted by atomic mass is 16.6. The highest BCUT2D eigenvalue weighted by molar-refractivity contribution is 6.01. The second-order valence-corrected chi connectivity index (χ2v) is 11.6. The van der Waals surface area contributed by atoms with Gasteiger partial charge in [0.25, 0.3) is 0 Å². The van der Waals surface area contributed by atoms with E-state index in [1.807, 2.05) is 37.8 Å². The maximum Gasteiger partial charge on any atom is 0.410 e. The Labute approximate surface area is 207 Å². The zero-order chi connectivity index (χ0) is 24.7. The van der Waals surface area contributed by atoms with Crippen molar-refractivity contribution in [1.29, 1.82) is 0 Å². The lowest BCUT2D eigenvalue weighted by Gasteiger charge is -2.41. The summed E-state index contributed by atoms with van der Waals surface area (Å²) in [5.41, 5.74) is 1.67. The molecule has 2 N–H and O–H groups in total. The second-order valence-electron chi connectivity index (χ2n) is 11.6. The molecule has 1 aromatic rings. The van der Waals surface area contributed by atoms with Gasteiger partial charge in [0.05, 0.1) is 0 Å². The highest BCUT2D eigenvalue weighted by Gasteiger charge is 2.42. The van der Waals surface area contributed by atoms with Gasteiger partial charge in [0.2, 0.25) is 11.8 Å². The summed E-state index contributed by atoms with van der Waals surface area (Å²) in [6.07, 6.45) is 0.705. The summed E-state index contributed by atoms with van der Waals surface area (Å²) in [6.45, 7) is 12.7. The van der Waals surface area contributed by atoms with Gasteiger partial charge in [-0.1, -0.05) is 0 Å². The number of carbonyl (C=O) groups excluding carboxylic acids is 3. The minimum Gasteiger partial charge on any atom is -0.444 e. The molecule has 0 spiro atoms. The SMILES string of the molecule is CC(C)(C)OC(=O)N1CC(CN2CC3CN(c4ccc(NC5CCC(=O)NC5=O)cc4)CC3C2)C1. The van der Waals surface area contributed by atoms with Gasteiger partial charge >= 0.3 is 6.09 Å². The third kappa shape index (κ3) is 5.55. The molecular formula is C26H37N5O4. The quantitative estimate of drug-likeness (QED) is 0.620. The molecule has 0 aliphatic carbocycles. The molecule has 3 atom stereocenters. The van der Waals surface area contributed by atoms with Gasteiger partial charge in [0.1, 0.15) is 11.6 Å². The van der Waals surface area contributed by atoms with Gasteiger partial charge in [-0.05, 0) is 63.3 Å². The number of nitrogens with zero attached hydrogens (tertiary/aromatic N) is 3. The van der Waals surface area contributed by atoms with Crippen molar-refractivity contribution in [2.45, 2.75) is 45.3 Å². The number of nitrogens with one attached hydrogen (secondary N) is 2. The summed E-state index contributed by atoms with van der Waals surface area (Å²) < 4.78 is 5.46. The molecule has 3 unspecified atom stereocenters. The largest absolute Gasteiger partial charge is 0.444 e. The molecule has 4 aliphatic heterocycles. The van der Waals surface area contributed by atoms with Crippen LogP contribution in [0.4, 0.5) is 16.2 Å². The van der Waals surface area contributed by atoms with Gasteiger partial charge in [0, 0.05) is 69.5 Å². The number of carbonyl (C=O) groups is 3. The van der Waals surface area contributed by atoms with Crippen molar-refractivity contribution in [2.75, 3.05) is 56.0 Å². The Morgan fingerprint density at radius 1 is 1.03 bits per heavy atom. The van der Waals surface area contributed by atoms with Crippen LogP contribution in [0.1, 0.15) is 33.6 Å². The fraction of sp³-hybridized carbons (Fsp3) is 0.654. The molecule has 190 valence electrons. The van der Waals surface area contributed by atoms with E-state index in [-0.39, 0.29) is 23.9 Å². The molecule has 4 aliphatic rings.